The fourth-order valence-corrected chi connectivity index (χ4v) is 1.74. The van der Waals surface area contributed by atoms with E-state index in [4.69, 9.17) is 14.2 Å². The summed E-state index contributed by atoms with van der Waals surface area (Å²) in [6, 6.07) is 2.40. The quantitative estimate of drug-likeness (QED) is 0.294. The first-order valence-corrected chi connectivity index (χ1v) is 5.68. The van der Waals surface area contributed by atoms with Gasteiger partial charge in [-0.05, 0) is 13.0 Å². The molecule has 8 nitrogen and oxygen atoms in total. The molecule has 0 bridgehead atoms. The van der Waals surface area contributed by atoms with E-state index in [1.807, 2.05) is 0 Å². The van der Waals surface area contributed by atoms with Gasteiger partial charge in [0.1, 0.15) is 5.57 Å². The Labute approximate surface area is 113 Å². The molecule has 0 saturated carbocycles. The Bertz CT molecular complexity index is 594. The summed E-state index contributed by atoms with van der Waals surface area (Å²) in [5, 5.41) is 20.2. The lowest BCUT2D eigenvalue weighted by Gasteiger charge is -2.07. The molecule has 1 heterocycles. The number of esters is 1. The van der Waals surface area contributed by atoms with Crippen LogP contribution in [0.15, 0.2) is 18.4 Å². The summed E-state index contributed by atoms with van der Waals surface area (Å²) >= 11 is 0. The van der Waals surface area contributed by atoms with Gasteiger partial charge in [0.25, 0.3) is 5.69 Å². The van der Waals surface area contributed by atoms with Crippen LogP contribution >= 0.6 is 0 Å². The maximum Gasteiger partial charge on any atom is 0.342 e. The number of carbonyl (C=O) groups excluding carboxylic acids is 1. The summed E-state index contributed by atoms with van der Waals surface area (Å²) in [5.41, 5.74) is -0.806. The average molecular weight is 281 g/mol. The largest absolute Gasteiger partial charge is 0.515 e. The number of hydrogen-bond donors (Lipinski definition) is 1. The maximum atomic E-state index is 11.7. The van der Waals surface area contributed by atoms with Crippen molar-refractivity contribution in [3.8, 4) is 11.5 Å². The lowest BCUT2D eigenvalue weighted by Crippen LogP contribution is -2.08. The van der Waals surface area contributed by atoms with Crippen molar-refractivity contribution in [3.05, 3.63) is 34.1 Å². The third-order valence-corrected chi connectivity index (χ3v) is 2.60. The minimum atomic E-state index is -0.864. The summed E-state index contributed by atoms with van der Waals surface area (Å²) in [4.78, 5) is 22.1. The van der Waals surface area contributed by atoms with Crippen LogP contribution < -0.4 is 9.47 Å². The van der Waals surface area contributed by atoms with Crippen LogP contribution in [-0.2, 0) is 9.53 Å². The van der Waals surface area contributed by atoms with E-state index in [9.17, 15) is 20.0 Å². The lowest BCUT2D eigenvalue weighted by atomic mass is 10.0. The molecule has 0 aliphatic carbocycles. The Hall–Kier alpha value is -2.77. The molecule has 106 valence electrons. The summed E-state index contributed by atoms with van der Waals surface area (Å²) in [6.45, 7) is 1.60. The van der Waals surface area contributed by atoms with Gasteiger partial charge in [-0.3, -0.25) is 10.1 Å². The van der Waals surface area contributed by atoms with Crippen molar-refractivity contribution < 1.29 is 29.0 Å². The minimum absolute atomic E-state index is 0.0620. The van der Waals surface area contributed by atoms with Gasteiger partial charge in [0.05, 0.1) is 29.4 Å². The number of benzene rings is 1. The normalized spacial score (nSPS) is 13.2. The highest BCUT2D eigenvalue weighted by Gasteiger charge is 2.28. The number of rotatable bonds is 4. The van der Waals surface area contributed by atoms with E-state index in [0.717, 1.165) is 6.07 Å². The number of carbonyl (C=O) groups is 1. The van der Waals surface area contributed by atoms with E-state index in [1.165, 1.54) is 6.07 Å². The lowest BCUT2D eigenvalue weighted by molar-refractivity contribution is -0.385. The highest BCUT2D eigenvalue weighted by Crippen LogP contribution is 2.40. The molecule has 1 aliphatic heterocycles. The molecular weight excluding hydrogens is 270 g/mol. The molecule has 1 N–H and O–H groups in total. The molecule has 0 unspecified atom stereocenters. The summed E-state index contributed by atoms with van der Waals surface area (Å²) in [5.74, 6) is -0.396. The zero-order valence-electron chi connectivity index (χ0n) is 10.5. The van der Waals surface area contributed by atoms with Crippen molar-refractivity contribution in [1.82, 2.24) is 0 Å². The third kappa shape index (κ3) is 2.35. The Balaban J connectivity index is 2.54. The topological polar surface area (TPSA) is 108 Å². The van der Waals surface area contributed by atoms with Crippen molar-refractivity contribution in [2.45, 2.75) is 6.92 Å². The van der Waals surface area contributed by atoms with Gasteiger partial charge in [0.2, 0.25) is 6.79 Å². The smallest absolute Gasteiger partial charge is 0.342 e. The van der Waals surface area contributed by atoms with Crippen LogP contribution in [0.4, 0.5) is 5.69 Å². The average Bonchev–Trinajstić information content (AvgIpc) is 2.86. The van der Waals surface area contributed by atoms with Crippen LogP contribution in [0.1, 0.15) is 12.5 Å². The monoisotopic (exact) mass is 281 g/mol. The van der Waals surface area contributed by atoms with E-state index in [0.29, 0.717) is 6.26 Å². The molecule has 0 fully saturated rings. The first-order chi connectivity index (χ1) is 9.58. The van der Waals surface area contributed by atoms with Gasteiger partial charge in [0, 0.05) is 0 Å². The molecule has 0 saturated heterocycles. The van der Waals surface area contributed by atoms with Crippen LogP contribution in [0.2, 0.25) is 0 Å². The molecule has 20 heavy (non-hydrogen) atoms. The number of hydrogen-bond acceptors (Lipinski definition) is 7. The van der Waals surface area contributed by atoms with Crippen LogP contribution in [0.25, 0.3) is 5.57 Å². The van der Waals surface area contributed by atoms with Crippen LogP contribution in [0.3, 0.4) is 0 Å². The molecule has 1 aromatic rings. The Kier molecular flexibility index (Phi) is 3.74. The first kappa shape index (κ1) is 13.7. The summed E-state index contributed by atoms with van der Waals surface area (Å²) in [6.07, 6.45) is 0.475. The Morgan fingerprint density at radius 2 is 2.15 bits per heavy atom. The maximum absolute atomic E-state index is 11.7. The molecule has 8 heteroatoms. The van der Waals surface area contributed by atoms with E-state index >= 15 is 0 Å². The number of nitrogens with zero attached hydrogens (tertiary/aromatic N) is 1. The summed E-state index contributed by atoms with van der Waals surface area (Å²) in [7, 11) is 0. The van der Waals surface area contributed by atoms with Crippen molar-refractivity contribution in [2.24, 2.45) is 0 Å². The molecular formula is C12H11NO7. The predicted octanol–water partition coefficient (Wildman–Crippen LogP) is 1.79. The first-order valence-electron chi connectivity index (χ1n) is 5.68. The van der Waals surface area contributed by atoms with Crippen molar-refractivity contribution >= 4 is 17.2 Å². The van der Waals surface area contributed by atoms with Gasteiger partial charge >= 0.3 is 5.97 Å². The highest BCUT2D eigenvalue weighted by atomic mass is 16.7. The number of aliphatic hydroxyl groups excluding tert-OH is 1. The zero-order valence-corrected chi connectivity index (χ0v) is 10.5. The Morgan fingerprint density at radius 3 is 2.70 bits per heavy atom. The van der Waals surface area contributed by atoms with Crippen molar-refractivity contribution in [2.75, 3.05) is 13.4 Å². The number of aliphatic hydroxyl groups is 1. The second-order valence-electron chi connectivity index (χ2n) is 3.74. The molecule has 0 amide bonds. The highest BCUT2D eigenvalue weighted by molar-refractivity contribution is 6.17. The molecule has 0 atom stereocenters. The van der Waals surface area contributed by atoms with E-state index < -0.39 is 10.9 Å². The molecule has 0 aromatic heterocycles. The van der Waals surface area contributed by atoms with Crippen LogP contribution in [-0.4, -0.2) is 29.4 Å². The molecule has 2 rings (SSSR count). The van der Waals surface area contributed by atoms with Gasteiger partial charge in [-0.1, -0.05) is 0 Å². The standard InChI is InChI=1S/C12H11NO7/c1-2-18-12(15)8(5-14)7-3-10-11(20-6-19-10)4-9(7)13(16)17/h3-5,14H,2,6H2,1H3/b8-5-. The van der Waals surface area contributed by atoms with E-state index in [-0.39, 0.29) is 41.7 Å². The van der Waals surface area contributed by atoms with E-state index in [1.54, 1.807) is 6.92 Å². The number of fused-ring (bicyclic) bond motifs is 1. The fraction of sp³-hybridized carbons (Fsp3) is 0.250. The second-order valence-corrected chi connectivity index (χ2v) is 3.74. The van der Waals surface area contributed by atoms with Gasteiger partial charge < -0.3 is 19.3 Å². The fourth-order valence-electron chi connectivity index (χ4n) is 1.74. The van der Waals surface area contributed by atoms with Crippen LogP contribution in [0.5, 0.6) is 11.5 Å². The predicted molar refractivity (Wildman–Crippen MR) is 66.5 cm³/mol. The third-order valence-electron chi connectivity index (χ3n) is 2.60. The van der Waals surface area contributed by atoms with Crippen LogP contribution in [0, 0.1) is 10.1 Å². The number of nitro groups is 1. The van der Waals surface area contributed by atoms with E-state index in [2.05, 4.69) is 0 Å². The molecule has 0 spiro atoms. The number of nitro benzene ring substituents is 1. The van der Waals surface area contributed by atoms with Gasteiger partial charge in [-0.15, -0.1) is 0 Å². The van der Waals surface area contributed by atoms with Gasteiger partial charge in [0.15, 0.2) is 11.5 Å². The molecule has 1 aromatic carbocycles. The Morgan fingerprint density at radius 1 is 1.50 bits per heavy atom. The summed E-state index contributed by atoms with van der Waals surface area (Å²) < 4.78 is 14.9. The number of ether oxygens (including phenoxy) is 3. The SMILES string of the molecule is CCOC(=O)/C(=C\O)c1cc2c(cc1[N+](=O)[O-])OCO2. The zero-order chi connectivity index (χ0) is 14.7. The van der Waals surface area contributed by atoms with Crippen molar-refractivity contribution in [1.29, 1.82) is 0 Å². The van der Waals surface area contributed by atoms with Gasteiger partial charge in [-0.25, -0.2) is 4.79 Å². The molecule has 0 radical (unpaired) electrons. The second kappa shape index (κ2) is 5.47. The van der Waals surface area contributed by atoms with Gasteiger partial charge in [-0.2, -0.15) is 0 Å². The van der Waals surface area contributed by atoms with Crippen molar-refractivity contribution in [3.63, 3.8) is 0 Å². The molecule has 1 aliphatic rings. The minimum Gasteiger partial charge on any atom is -0.515 e.